The van der Waals surface area contributed by atoms with Crippen molar-refractivity contribution in [2.75, 3.05) is 6.61 Å². The summed E-state index contributed by atoms with van der Waals surface area (Å²) >= 11 is 0. The van der Waals surface area contributed by atoms with Gasteiger partial charge in [0.1, 0.15) is 18.3 Å². The number of fused-ring (bicyclic) bond motifs is 1. The van der Waals surface area contributed by atoms with Gasteiger partial charge in [-0.25, -0.2) is 18.7 Å². The van der Waals surface area contributed by atoms with Crippen LogP contribution in [0.4, 0.5) is 0 Å². The standard InChI is InChI=1S/C10H13N4O10P/c15-4-2(1-23-25(20,21)22)24-8(5(4)16)14-6-3(11-10(14)19)7(17)13-9(18)12-6/h2,4-5,8,15-16H,1H2,(H,11,19)(H2,20,21,22)(H2,12,13,17,18). The van der Waals surface area contributed by atoms with E-state index in [4.69, 9.17) is 14.5 Å². The molecule has 14 nitrogen and oxygen atoms in total. The smallest absolute Gasteiger partial charge is 0.387 e. The molecule has 1 fully saturated rings. The number of aliphatic hydroxyl groups is 2. The summed E-state index contributed by atoms with van der Waals surface area (Å²) in [5.74, 6) is 0. The third-order valence-electron chi connectivity index (χ3n) is 3.61. The summed E-state index contributed by atoms with van der Waals surface area (Å²) in [6.07, 6.45) is -6.27. The molecule has 4 atom stereocenters. The molecular formula is C10H13N4O10P. The number of aliphatic hydroxyl groups excluding tert-OH is 2. The number of nitrogens with zero attached hydrogens (tertiary/aromatic N) is 1. The summed E-state index contributed by atoms with van der Waals surface area (Å²) in [6.45, 7) is -0.771. The normalized spacial score (nSPS) is 27.2. The molecule has 1 aliphatic heterocycles. The quantitative estimate of drug-likeness (QED) is 0.259. The minimum atomic E-state index is -4.85. The van der Waals surface area contributed by atoms with E-state index in [1.54, 1.807) is 0 Å². The zero-order valence-corrected chi connectivity index (χ0v) is 13.0. The molecule has 25 heavy (non-hydrogen) atoms. The molecule has 2 aromatic heterocycles. The van der Waals surface area contributed by atoms with E-state index in [2.05, 4.69) is 14.5 Å². The molecule has 2 aromatic rings. The maximum atomic E-state index is 12.1. The molecule has 138 valence electrons. The minimum absolute atomic E-state index is 0.286. The van der Waals surface area contributed by atoms with Crippen molar-refractivity contribution in [2.45, 2.75) is 24.5 Å². The summed E-state index contributed by atoms with van der Waals surface area (Å²) in [5, 5.41) is 20.0. The predicted molar refractivity (Wildman–Crippen MR) is 77.7 cm³/mol. The Morgan fingerprint density at radius 1 is 1.12 bits per heavy atom. The van der Waals surface area contributed by atoms with E-state index in [0.29, 0.717) is 4.57 Å². The molecule has 7 N–H and O–H groups in total. The van der Waals surface area contributed by atoms with Crippen molar-refractivity contribution in [1.82, 2.24) is 19.5 Å². The van der Waals surface area contributed by atoms with E-state index in [-0.39, 0.29) is 11.2 Å². The fourth-order valence-corrected chi connectivity index (χ4v) is 2.87. The maximum absolute atomic E-state index is 12.1. The highest BCUT2D eigenvalue weighted by molar-refractivity contribution is 7.46. The van der Waals surface area contributed by atoms with Gasteiger partial charge in [-0.3, -0.25) is 24.3 Å². The van der Waals surface area contributed by atoms with Gasteiger partial charge in [-0.05, 0) is 0 Å². The van der Waals surface area contributed by atoms with Crippen LogP contribution in [0.15, 0.2) is 14.4 Å². The number of nitrogens with one attached hydrogen (secondary N) is 3. The molecule has 4 unspecified atom stereocenters. The topological polar surface area (TPSA) is 220 Å². The van der Waals surface area contributed by atoms with E-state index in [1.807, 2.05) is 4.98 Å². The number of H-pyrrole nitrogens is 3. The second-order valence-electron chi connectivity index (χ2n) is 5.26. The lowest BCUT2D eigenvalue weighted by atomic mass is 10.1. The summed E-state index contributed by atoms with van der Waals surface area (Å²) in [6, 6.07) is 0. The lowest BCUT2D eigenvalue weighted by molar-refractivity contribution is -0.0517. The van der Waals surface area contributed by atoms with Crippen LogP contribution >= 0.6 is 7.82 Å². The van der Waals surface area contributed by atoms with E-state index in [9.17, 15) is 29.2 Å². The number of phosphoric ester groups is 1. The van der Waals surface area contributed by atoms with Crippen LogP contribution in [-0.4, -0.2) is 64.4 Å². The highest BCUT2D eigenvalue weighted by Crippen LogP contribution is 2.38. The van der Waals surface area contributed by atoms with Crippen LogP contribution in [0.3, 0.4) is 0 Å². The second kappa shape index (κ2) is 6.03. The van der Waals surface area contributed by atoms with Gasteiger partial charge in [-0.15, -0.1) is 0 Å². The maximum Gasteiger partial charge on any atom is 0.469 e. The Morgan fingerprint density at radius 3 is 2.44 bits per heavy atom. The number of imidazole rings is 1. The SMILES string of the molecule is O=c1[nH]c(=O)c2[nH]c(=O)n(C3OC(COP(=O)(O)O)C(O)C3O)c2[nH]1. The Hall–Kier alpha value is -2.06. The van der Waals surface area contributed by atoms with Crippen LogP contribution in [0.25, 0.3) is 11.2 Å². The van der Waals surface area contributed by atoms with Crippen LogP contribution < -0.4 is 16.9 Å². The van der Waals surface area contributed by atoms with E-state index >= 15 is 0 Å². The highest BCUT2D eigenvalue weighted by Gasteiger charge is 2.45. The predicted octanol–water partition coefficient (Wildman–Crippen LogP) is -3.57. The van der Waals surface area contributed by atoms with Crippen molar-refractivity contribution in [2.24, 2.45) is 0 Å². The molecule has 0 aromatic carbocycles. The summed E-state index contributed by atoms with van der Waals surface area (Å²) in [4.78, 5) is 58.8. The minimum Gasteiger partial charge on any atom is -0.387 e. The van der Waals surface area contributed by atoms with Gasteiger partial charge in [-0.1, -0.05) is 0 Å². The molecule has 0 saturated carbocycles. The molecule has 3 heterocycles. The number of ether oxygens (including phenoxy) is 1. The van der Waals surface area contributed by atoms with Crippen molar-refractivity contribution in [3.05, 3.63) is 31.3 Å². The van der Waals surface area contributed by atoms with Gasteiger partial charge in [0.05, 0.1) is 6.61 Å². The molecule has 0 radical (unpaired) electrons. The number of phosphoric acid groups is 1. The van der Waals surface area contributed by atoms with Crippen molar-refractivity contribution < 1.29 is 33.8 Å². The number of rotatable bonds is 4. The molecule has 0 aliphatic carbocycles. The van der Waals surface area contributed by atoms with E-state index in [0.717, 1.165) is 0 Å². The molecule has 1 aliphatic rings. The Labute approximate surface area is 135 Å². The van der Waals surface area contributed by atoms with Crippen molar-refractivity contribution in [3.63, 3.8) is 0 Å². The Morgan fingerprint density at radius 2 is 1.80 bits per heavy atom. The average molecular weight is 380 g/mol. The van der Waals surface area contributed by atoms with Crippen LogP contribution in [0, 0.1) is 0 Å². The first kappa shape index (κ1) is 17.8. The van der Waals surface area contributed by atoms with Gasteiger partial charge in [0.2, 0.25) is 0 Å². The number of aromatic amines is 3. The number of hydrogen-bond donors (Lipinski definition) is 7. The van der Waals surface area contributed by atoms with Gasteiger partial charge in [0.15, 0.2) is 17.4 Å². The first-order chi connectivity index (χ1) is 11.6. The van der Waals surface area contributed by atoms with Crippen molar-refractivity contribution in [1.29, 1.82) is 0 Å². The Bertz CT molecular complexity index is 1010. The molecule has 1 saturated heterocycles. The Kier molecular flexibility index (Phi) is 4.28. The van der Waals surface area contributed by atoms with Crippen molar-refractivity contribution >= 4 is 19.0 Å². The van der Waals surface area contributed by atoms with E-state index in [1.165, 1.54) is 0 Å². The van der Waals surface area contributed by atoms with Crippen LogP contribution in [-0.2, 0) is 13.8 Å². The lowest BCUT2D eigenvalue weighted by Crippen LogP contribution is -2.35. The summed E-state index contributed by atoms with van der Waals surface area (Å²) < 4.78 is 20.9. The van der Waals surface area contributed by atoms with E-state index < -0.39 is 55.9 Å². The van der Waals surface area contributed by atoms with Crippen molar-refractivity contribution in [3.8, 4) is 0 Å². The first-order valence-electron chi connectivity index (χ1n) is 6.77. The lowest BCUT2D eigenvalue weighted by Gasteiger charge is -2.15. The van der Waals surface area contributed by atoms with Gasteiger partial charge < -0.3 is 24.7 Å². The van der Waals surface area contributed by atoms with Crippen LogP contribution in [0.1, 0.15) is 6.23 Å². The zero-order chi connectivity index (χ0) is 18.5. The fourth-order valence-electron chi connectivity index (χ4n) is 2.53. The fraction of sp³-hybridized carbons (Fsp3) is 0.500. The average Bonchev–Trinajstić information content (AvgIpc) is 2.95. The third-order valence-corrected chi connectivity index (χ3v) is 4.10. The molecule has 3 rings (SSSR count). The Balaban J connectivity index is 2.00. The second-order valence-corrected chi connectivity index (χ2v) is 6.50. The third kappa shape index (κ3) is 3.23. The summed E-state index contributed by atoms with van der Waals surface area (Å²) in [5.41, 5.74) is -3.30. The van der Waals surface area contributed by atoms with Crippen LogP contribution in [0.5, 0.6) is 0 Å². The number of hydrogen-bond acceptors (Lipinski definition) is 8. The van der Waals surface area contributed by atoms with Gasteiger partial charge >= 0.3 is 19.2 Å². The zero-order valence-electron chi connectivity index (χ0n) is 12.1. The summed E-state index contributed by atoms with van der Waals surface area (Å²) in [7, 11) is -4.85. The molecule has 0 amide bonds. The first-order valence-corrected chi connectivity index (χ1v) is 8.30. The van der Waals surface area contributed by atoms with Crippen LogP contribution in [0.2, 0.25) is 0 Å². The molecule has 0 bridgehead atoms. The van der Waals surface area contributed by atoms with Gasteiger partial charge in [-0.2, -0.15) is 0 Å². The molecular weight excluding hydrogens is 367 g/mol. The highest BCUT2D eigenvalue weighted by atomic mass is 31.2. The monoisotopic (exact) mass is 380 g/mol. The largest absolute Gasteiger partial charge is 0.469 e. The number of aromatic nitrogens is 4. The molecule has 15 heteroatoms. The van der Waals surface area contributed by atoms with Gasteiger partial charge in [0.25, 0.3) is 5.56 Å². The van der Waals surface area contributed by atoms with Gasteiger partial charge in [0, 0.05) is 0 Å². The molecule has 0 spiro atoms.